The van der Waals surface area contributed by atoms with E-state index in [0.29, 0.717) is 12.3 Å². The van der Waals surface area contributed by atoms with E-state index in [1.165, 1.54) is 4.90 Å². The van der Waals surface area contributed by atoms with Crippen LogP contribution in [0.1, 0.15) is 27.2 Å². The molecule has 6 heteroatoms. The average molecular weight is 241 g/mol. The van der Waals surface area contributed by atoms with Gasteiger partial charge < -0.3 is 10.6 Å². The molecule has 2 atom stereocenters. The summed E-state index contributed by atoms with van der Waals surface area (Å²) in [5.41, 5.74) is 5.77. The van der Waals surface area contributed by atoms with E-state index >= 15 is 0 Å². The number of nitrogens with one attached hydrogen (secondary N) is 1. The lowest BCUT2D eigenvalue weighted by atomic mass is 10.0. The first-order chi connectivity index (χ1) is 7.82. The molecular formula is C11H19N3O3. The maximum absolute atomic E-state index is 12.0. The van der Waals surface area contributed by atoms with Gasteiger partial charge in [-0.1, -0.05) is 13.8 Å². The summed E-state index contributed by atoms with van der Waals surface area (Å²) in [4.78, 5) is 35.9. The van der Waals surface area contributed by atoms with Gasteiger partial charge in [0.25, 0.3) is 0 Å². The van der Waals surface area contributed by atoms with Crippen LogP contribution in [0.2, 0.25) is 0 Å². The minimum absolute atomic E-state index is 0.0997. The lowest BCUT2D eigenvalue weighted by molar-refractivity contribution is -0.150. The quantitative estimate of drug-likeness (QED) is 0.635. The Labute approximate surface area is 101 Å². The maximum atomic E-state index is 12.0. The number of hydrogen-bond acceptors (Lipinski definition) is 4. The highest BCUT2D eigenvalue weighted by Crippen LogP contribution is 2.10. The van der Waals surface area contributed by atoms with Crippen molar-refractivity contribution in [2.24, 2.45) is 11.7 Å². The third-order valence-corrected chi connectivity index (χ3v) is 2.75. The minimum Gasteiger partial charge on any atom is -0.320 e. The van der Waals surface area contributed by atoms with E-state index in [1.807, 2.05) is 13.8 Å². The van der Waals surface area contributed by atoms with Crippen molar-refractivity contribution in [3.8, 4) is 0 Å². The van der Waals surface area contributed by atoms with Crippen LogP contribution in [0.3, 0.4) is 0 Å². The van der Waals surface area contributed by atoms with Gasteiger partial charge in [0.1, 0.15) is 12.6 Å². The summed E-state index contributed by atoms with van der Waals surface area (Å²) in [5, 5.41) is 2.18. The Kier molecular flexibility index (Phi) is 4.22. The summed E-state index contributed by atoms with van der Waals surface area (Å²) in [7, 11) is 0. The molecule has 0 aromatic heterocycles. The first kappa shape index (κ1) is 13.6. The molecule has 1 heterocycles. The third kappa shape index (κ3) is 3.26. The molecule has 1 aliphatic heterocycles. The second-order valence-corrected chi connectivity index (χ2v) is 4.79. The van der Waals surface area contributed by atoms with E-state index in [2.05, 4.69) is 5.32 Å². The lowest BCUT2D eigenvalue weighted by Gasteiger charge is -2.33. The van der Waals surface area contributed by atoms with Crippen molar-refractivity contribution >= 4 is 17.7 Å². The largest absolute Gasteiger partial charge is 0.320 e. The number of hydrogen-bond donors (Lipinski definition) is 2. The molecule has 3 N–H and O–H groups in total. The first-order valence-corrected chi connectivity index (χ1v) is 5.72. The highest BCUT2D eigenvalue weighted by molar-refractivity contribution is 6.04. The number of piperazine rings is 1. The van der Waals surface area contributed by atoms with Crippen LogP contribution < -0.4 is 11.1 Å². The molecule has 1 saturated heterocycles. The van der Waals surface area contributed by atoms with Crippen LogP contribution in [0.25, 0.3) is 0 Å². The molecule has 0 aromatic rings. The molecule has 0 saturated carbocycles. The fourth-order valence-corrected chi connectivity index (χ4v) is 1.81. The van der Waals surface area contributed by atoms with Gasteiger partial charge in [-0.3, -0.25) is 19.7 Å². The number of nitrogens with zero attached hydrogens (tertiary/aromatic N) is 1. The van der Waals surface area contributed by atoms with Crippen molar-refractivity contribution in [1.29, 1.82) is 0 Å². The smallest absolute Gasteiger partial charge is 0.249 e. The molecule has 1 unspecified atom stereocenters. The molecule has 96 valence electrons. The van der Waals surface area contributed by atoms with Crippen LogP contribution in [0, 0.1) is 5.92 Å². The molecule has 0 aliphatic carbocycles. The Morgan fingerprint density at radius 3 is 2.65 bits per heavy atom. The van der Waals surface area contributed by atoms with Gasteiger partial charge in [-0.05, 0) is 19.3 Å². The Morgan fingerprint density at radius 2 is 2.12 bits per heavy atom. The maximum Gasteiger partial charge on any atom is 0.249 e. The van der Waals surface area contributed by atoms with Crippen molar-refractivity contribution in [3.63, 3.8) is 0 Å². The molecular weight excluding hydrogens is 222 g/mol. The van der Waals surface area contributed by atoms with Crippen LogP contribution in [0.4, 0.5) is 0 Å². The summed E-state index contributed by atoms with van der Waals surface area (Å²) in [5.74, 6) is -0.961. The predicted molar refractivity (Wildman–Crippen MR) is 61.8 cm³/mol. The average Bonchev–Trinajstić information content (AvgIpc) is 2.21. The molecule has 0 spiro atoms. The summed E-state index contributed by atoms with van der Waals surface area (Å²) < 4.78 is 0. The zero-order chi connectivity index (χ0) is 13.2. The topological polar surface area (TPSA) is 92.5 Å². The molecule has 0 radical (unpaired) electrons. The van der Waals surface area contributed by atoms with Gasteiger partial charge in [0, 0.05) is 0 Å². The van der Waals surface area contributed by atoms with Gasteiger partial charge in [0.2, 0.25) is 17.7 Å². The summed E-state index contributed by atoms with van der Waals surface area (Å²) in [6, 6.07) is -1.30. The van der Waals surface area contributed by atoms with Gasteiger partial charge in [0.15, 0.2) is 0 Å². The summed E-state index contributed by atoms with van der Waals surface area (Å²) in [6.07, 6.45) is 0.540. The molecule has 1 fully saturated rings. The molecule has 0 aromatic carbocycles. The number of carbonyl (C=O) groups is 3. The Balaban J connectivity index is 2.73. The standard InChI is InChI=1S/C11H19N3O3/c1-6(2)4-8(12)11(17)14-5-9(15)13-10(16)7(14)3/h6-8H,4-5,12H2,1-3H3,(H,13,15,16)/t7?,8-/m0/s1. The zero-order valence-corrected chi connectivity index (χ0v) is 10.4. The van der Waals surface area contributed by atoms with Crippen molar-refractivity contribution in [1.82, 2.24) is 10.2 Å². The Morgan fingerprint density at radius 1 is 1.53 bits per heavy atom. The highest BCUT2D eigenvalue weighted by Gasteiger charge is 2.35. The van der Waals surface area contributed by atoms with Gasteiger partial charge in [0.05, 0.1) is 6.04 Å². The number of nitrogens with two attached hydrogens (primary N) is 1. The van der Waals surface area contributed by atoms with E-state index in [1.54, 1.807) is 6.92 Å². The van der Waals surface area contributed by atoms with Crippen molar-refractivity contribution in [3.05, 3.63) is 0 Å². The van der Waals surface area contributed by atoms with E-state index in [-0.39, 0.29) is 12.5 Å². The van der Waals surface area contributed by atoms with Crippen LogP contribution in [-0.4, -0.2) is 41.2 Å². The van der Waals surface area contributed by atoms with Gasteiger partial charge >= 0.3 is 0 Å². The normalized spacial score (nSPS) is 22.6. The minimum atomic E-state index is -0.656. The molecule has 0 bridgehead atoms. The molecule has 6 nitrogen and oxygen atoms in total. The van der Waals surface area contributed by atoms with Crippen molar-refractivity contribution in [2.45, 2.75) is 39.3 Å². The number of imide groups is 1. The van der Waals surface area contributed by atoms with E-state index in [9.17, 15) is 14.4 Å². The van der Waals surface area contributed by atoms with E-state index in [0.717, 1.165) is 0 Å². The Hall–Kier alpha value is -1.43. The van der Waals surface area contributed by atoms with E-state index in [4.69, 9.17) is 5.73 Å². The third-order valence-electron chi connectivity index (χ3n) is 2.75. The van der Waals surface area contributed by atoms with Crippen molar-refractivity contribution in [2.75, 3.05) is 6.54 Å². The fourth-order valence-electron chi connectivity index (χ4n) is 1.81. The van der Waals surface area contributed by atoms with Gasteiger partial charge in [-0.2, -0.15) is 0 Å². The molecule has 3 amide bonds. The Bertz CT molecular complexity index is 341. The second-order valence-electron chi connectivity index (χ2n) is 4.79. The number of amides is 3. The van der Waals surface area contributed by atoms with Crippen LogP contribution in [0.5, 0.6) is 0 Å². The molecule has 17 heavy (non-hydrogen) atoms. The van der Waals surface area contributed by atoms with Gasteiger partial charge in [-0.25, -0.2) is 0 Å². The zero-order valence-electron chi connectivity index (χ0n) is 10.4. The number of carbonyl (C=O) groups excluding carboxylic acids is 3. The molecule has 1 aliphatic rings. The lowest BCUT2D eigenvalue weighted by Crippen LogP contribution is -2.61. The van der Waals surface area contributed by atoms with Crippen LogP contribution in [-0.2, 0) is 14.4 Å². The SMILES string of the molecule is CC(C)C[C@H](N)C(=O)N1CC(=O)NC(=O)C1C. The second kappa shape index (κ2) is 5.27. The monoisotopic (exact) mass is 241 g/mol. The predicted octanol–water partition coefficient (Wildman–Crippen LogP) is -0.767. The molecule has 1 rings (SSSR count). The first-order valence-electron chi connectivity index (χ1n) is 5.72. The van der Waals surface area contributed by atoms with E-state index < -0.39 is 23.9 Å². The summed E-state index contributed by atoms with van der Waals surface area (Å²) in [6.45, 7) is 5.41. The summed E-state index contributed by atoms with van der Waals surface area (Å²) >= 11 is 0. The van der Waals surface area contributed by atoms with Gasteiger partial charge in [-0.15, -0.1) is 0 Å². The number of rotatable bonds is 3. The van der Waals surface area contributed by atoms with Crippen LogP contribution >= 0.6 is 0 Å². The fraction of sp³-hybridized carbons (Fsp3) is 0.727. The van der Waals surface area contributed by atoms with Crippen molar-refractivity contribution < 1.29 is 14.4 Å². The van der Waals surface area contributed by atoms with Crippen LogP contribution in [0.15, 0.2) is 0 Å². The highest BCUT2D eigenvalue weighted by atomic mass is 16.2.